The van der Waals surface area contributed by atoms with Crippen molar-refractivity contribution in [2.45, 2.75) is 52.1 Å². The summed E-state index contributed by atoms with van der Waals surface area (Å²) in [5, 5.41) is 10.8. The highest BCUT2D eigenvalue weighted by molar-refractivity contribution is 5.75. The molecule has 0 aliphatic carbocycles. The molecular formula is C10H19O4-. The van der Waals surface area contributed by atoms with Crippen LogP contribution >= 0.6 is 0 Å². The lowest BCUT2D eigenvalue weighted by atomic mass is 9.98. The maximum Gasteiger partial charge on any atom is 0.142 e. The fourth-order valence-corrected chi connectivity index (χ4v) is 1.05. The first-order valence-corrected chi connectivity index (χ1v) is 5.15. The molecule has 0 radical (unpaired) electrons. The van der Waals surface area contributed by atoms with Crippen molar-refractivity contribution in [3.63, 3.8) is 0 Å². The number of carbonyl (C=O) groups is 1. The zero-order valence-electron chi connectivity index (χ0n) is 9.17. The van der Waals surface area contributed by atoms with Crippen molar-refractivity contribution in [3.8, 4) is 0 Å². The van der Waals surface area contributed by atoms with E-state index < -0.39 is 11.6 Å². The number of unbranched alkanes of at least 4 members (excludes halogenated alkanes) is 1. The average Bonchev–Trinajstić information content (AvgIpc) is 2.18. The van der Waals surface area contributed by atoms with E-state index in [4.69, 9.17) is 9.78 Å². The third-order valence-electron chi connectivity index (χ3n) is 2.31. The standard InChI is InChI=1S/C10H20O4/c1-4-7-8-13-14-10(5-2,6-3)9(11)12/h4-8H2,1-3H3,(H,11,12)/p-1. The molecule has 0 bridgehead atoms. The van der Waals surface area contributed by atoms with Crippen LogP contribution < -0.4 is 5.11 Å². The highest BCUT2D eigenvalue weighted by atomic mass is 17.2. The molecule has 0 rings (SSSR count). The number of carbonyl (C=O) groups excluding carboxylic acids is 1. The lowest BCUT2D eigenvalue weighted by Gasteiger charge is -2.30. The molecule has 0 fully saturated rings. The summed E-state index contributed by atoms with van der Waals surface area (Å²) in [4.78, 5) is 20.6. The first kappa shape index (κ1) is 13.4. The molecule has 0 amide bonds. The summed E-state index contributed by atoms with van der Waals surface area (Å²) in [6, 6.07) is 0. The molecule has 0 spiro atoms. The van der Waals surface area contributed by atoms with E-state index in [-0.39, 0.29) is 0 Å². The lowest BCUT2D eigenvalue weighted by Crippen LogP contribution is -2.49. The molecule has 0 aromatic heterocycles. The Hall–Kier alpha value is -0.610. The van der Waals surface area contributed by atoms with Gasteiger partial charge < -0.3 is 9.90 Å². The van der Waals surface area contributed by atoms with E-state index in [1.807, 2.05) is 6.92 Å². The predicted octanol–water partition coefficient (Wildman–Crippen LogP) is 1.04. The fraction of sp³-hybridized carbons (Fsp3) is 0.900. The van der Waals surface area contributed by atoms with Gasteiger partial charge in [-0.05, 0) is 19.3 Å². The molecule has 0 heterocycles. The van der Waals surface area contributed by atoms with Crippen molar-refractivity contribution in [1.29, 1.82) is 0 Å². The van der Waals surface area contributed by atoms with E-state index in [9.17, 15) is 9.90 Å². The Morgan fingerprint density at radius 2 is 1.86 bits per heavy atom. The molecule has 0 atom stereocenters. The Labute approximate surface area is 85.1 Å². The maximum atomic E-state index is 10.8. The van der Waals surface area contributed by atoms with E-state index >= 15 is 0 Å². The van der Waals surface area contributed by atoms with Crippen LogP contribution in [-0.4, -0.2) is 18.2 Å². The van der Waals surface area contributed by atoms with Crippen LogP contribution in [0.15, 0.2) is 0 Å². The molecule has 0 aromatic carbocycles. The van der Waals surface area contributed by atoms with Gasteiger partial charge in [-0.3, -0.25) is 0 Å². The van der Waals surface area contributed by atoms with Gasteiger partial charge in [-0.2, -0.15) is 0 Å². The molecule has 0 unspecified atom stereocenters. The topological polar surface area (TPSA) is 58.6 Å². The van der Waals surface area contributed by atoms with E-state index in [1.165, 1.54) is 0 Å². The van der Waals surface area contributed by atoms with E-state index in [0.717, 1.165) is 12.8 Å². The monoisotopic (exact) mass is 203 g/mol. The van der Waals surface area contributed by atoms with Crippen molar-refractivity contribution in [2.24, 2.45) is 0 Å². The second-order valence-corrected chi connectivity index (χ2v) is 3.25. The SMILES string of the molecule is CCCCOOC(CC)(CC)C(=O)[O-]. The zero-order chi connectivity index (χ0) is 11.0. The minimum absolute atomic E-state index is 0.345. The van der Waals surface area contributed by atoms with Gasteiger partial charge in [0.1, 0.15) is 5.60 Å². The van der Waals surface area contributed by atoms with Gasteiger partial charge in [0.05, 0.1) is 12.6 Å². The number of aliphatic carboxylic acids is 1. The van der Waals surface area contributed by atoms with E-state index in [2.05, 4.69) is 0 Å². The minimum Gasteiger partial charge on any atom is -0.547 e. The highest BCUT2D eigenvalue weighted by Gasteiger charge is 2.30. The maximum absolute atomic E-state index is 10.8. The summed E-state index contributed by atoms with van der Waals surface area (Å²) >= 11 is 0. The van der Waals surface area contributed by atoms with Gasteiger partial charge in [0, 0.05) is 0 Å². The average molecular weight is 203 g/mol. The van der Waals surface area contributed by atoms with Gasteiger partial charge in [-0.1, -0.05) is 27.2 Å². The lowest BCUT2D eigenvalue weighted by molar-refractivity contribution is -0.393. The highest BCUT2D eigenvalue weighted by Crippen LogP contribution is 2.20. The Balaban J connectivity index is 4.02. The normalized spacial score (nSPS) is 11.6. The van der Waals surface area contributed by atoms with Gasteiger partial charge >= 0.3 is 0 Å². The summed E-state index contributed by atoms with van der Waals surface area (Å²) in [5.74, 6) is -1.21. The molecule has 0 saturated heterocycles. The number of rotatable bonds is 8. The zero-order valence-corrected chi connectivity index (χ0v) is 9.17. The quantitative estimate of drug-likeness (QED) is 0.336. The van der Waals surface area contributed by atoms with Crippen LogP contribution in [0.25, 0.3) is 0 Å². The molecule has 14 heavy (non-hydrogen) atoms. The third-order valence-corrected chi connectivity index (χ3v) is 2.31. The van der Waals surface area contributed by atoms with Gasteiger partial charge in [0.15, 0.2) is 0 Å². The molecule has 0 aliphatic rings. The van der Waals surface area contributed by atoms with Crippen molar-refractivity contribution in [1.82, 2.24) is 0 Å². The minimum atomic E-state index is -1.28. The molecule has 0 aliphatic heterocycles. The Morgan fingerprint density at radius 1 is 1.29 bits per heavy atom. The van der Waals surface area contributed by atoms with Crippen molar-refractivity contribution < 1.29 is 19.7 Å². The predicted molar refractivity (Wildman–Crippen MR) is 50.3 cm³/mol. The summed E-state index contributed by atoms with van der Waals surface area (Å²) < 4.78 is 0. The second-order valence-electron chi connectivity index (χ2n) is 3.25. The Morgan fingerprint density at radius 3 is 2.21 bits per heavy atom. The van der Waals surface area contributed by atoms with Crippen molar-refractivity contribution in [2.75, 3.05) is 6.61 Å². The van der Waals surface area contributed by atoms with Crippen LogP contribution in [0.4, 0.5) is 0 Å². The number of carboxylic acids is 1. The molecule has 0 aromatic rings. The van der Waals surface area contributed by atoms with Crippen molar-refractivity contribution >= 4 is 5.97 Å². The van der Waals surface area contributed by atoms with Crippen molar-refractivity contribution in [3.05, 3.63) is 0 Å². The number of hydrogen-bond acceptors (Lipinski definition) is 4. The van der Waals surface area contributed by atoms with Gasteiger partial charge in [0.2, 0.25) is 0 Å². The van der Waals surface area contributed by atoms with Crippen LogP contribution in [0.2, 0.25) is 0 Å². The largest absolute Gasteiger partial charge is 0.547 e. The van der Waals surface area contributed by atoms with E-state index in [1.54, 1.807) is 13.8 Å². The van der Waals surface area contributed by atoms with E-state index in [0.29, 0.717) is 19.4 Å². The first-order chi connectivity index (χ1) is 6.63. The van der Waals surface area contributed by atoms with Crippen LogP contribution in [-0.2, 0) is 14.6 Å². The molecule has 4 nitrogen and oxygen atoms in total. The first-order valence-electron chi connectivity index (χ1n) is 5.15. The Kier molecular flexibility index (Phi) is 6.49. The van der Waals surface area contributed by atoms with Crippen LogP contribution in [0, 0.1) is 0 Å². The molecule has 84 valence electrons. The molecule has 4 heteroatoms. The van der Waals surface area contributed by atoms with Gasteiger partial charge in [-0.25, -0.2) is 9.78 Å². The van der Waals surface area contributed by atoms with Crippen LogP contribution in [0.3, 0.4) is 0 Å². The van der Waals surface area contributed by atoms with Gasteiger partial charge in [-0.15, -0.1) is 0 Å². The molecule has 0 saturated carbocycles. The smallest absolute Gasteiger partial charge is 0.142 e. The van der Waals surface area contributed by atoms with Crippen LogP contribution in [0.1, 0.15) is 46.5 Å². The second kappa shape index (κ2) is 6.79. The van der Waals surface area contributed by atoms with Gasteiger partial charge in [0.25, 0.3) is 0 Å². The fourth-order valence-electron chi connectivity index (χ4n) is 1.05. The van der Waals surface area contributed by atoms with Crippen LogP contribution in [0.5, 0.6) is 0 Å². The summed E-state index contributed by atoms with van der Waals surface area (Å²) in [6.45, 7) is 5.92. The summed E-state index contributed by atoms with van der Waals surface area (Å²) in [5.41, 5.74) is -1.28. The number of carboxylic acid groups (broad SMARTS) is 1. The summed E-state index contributed by atoms with van der Waals surface area (Å²) in [6.07, 6.45) is 2.53. The molecule has 0 N–H and O–H groups in total. The molecular weight excluding hydrogens is 184 g/mol. The summed E-state index contributed by atoms with van der Waals surface area (Å²) in [7, 11) is 0. The third kappa shape index (κ3) is 3.64. The Bertz CT molecular complexity index is 164. The number of hydrogen-bond donors (Lipinski definition) is 0.